The van der Waals surface area contributed by atoms with E-state index in [0.717, 1.165) is 5.56 Å². The molecule has 2 aliphatic rings. The summed E-state index contributed by atoms with van der Waals surface area (Å²) in [6, 6.07) is 7.57. The molecule has 3 unspecified atom stereocenters. The molecule has 170 valence electrons. The van der Waals surface area contributed by atoms with Crippen molar-refractivity contribution in [3.8, 4) is 0 Å². The molecule has 8 nitrogen and oxygen atoms in total. The van der Waals surface area contributed by atoms with Gasteiger partial charge in [-0.2, -0.15) is 0 Å². The van der Waals surface area contributed by atoms with Crippen molar-refractivity contribution in [3.63, 3.8) is 0 Å². The number of fused-ring (bicyclic) bond motifs is 1. The Morgan fingerprint density at radius 2 is 2.03 bits per heavy atom. The molecule has 2 fully saturated rings. The molecule has 5 atom stereocenters. The summed E-state index contributed by atoms with van der Waals surface area (Å²) in [6.45, 7) is 5.02. The number of rotatable bonds is 9. The lowest BCUT2D eigenvalue weighted by Crippen LogP contribution is -2.54. The monoisotopic (exact) mass is 432 g/mol. The van der Waals surface area contributed by atoms with Crippen LogP contribution in [0, 0.1) is 11.8 Å². The van der Waals surface area contributed by atoms with Crippen LogP contribution in [-0.2, 0) is 30.3 Å². The Bertz CT molecular complexity index is 771. The average Bonchev–Trinajstić information content (AvgIpc) is 3.16. The van der Waals surface area contributed by atoms with Crippen LogP contribution in [0.25, 0.3) is 0 Å². The number of hydrogen-bond acceptors (Lipinski definition) is 6. The summed E-state index contributed by atoms with van der Waals surface area (Å²) >= 11 is 0. The number of amides is 1. The minimum absolute atomic E-state index is 0.0323. The van der Waals surface area contributed by atoms with Crippen molar-refractivity contribution in [2.24, 2.45) is 11.8 Å². The van der Waals surface area contributed by atoms with Crippen molar-refractivity contribution in [2.75, 3.05) is 26.4 Å². The third-order valence-electron chi connectivity index (χ3n) is 6.20. The number of carbonyl (C=O) groups excluding carboxylic acids is 2. The Labute approximate surface area is 182 Å². The molecule has 1 aromatic rings. The number of nitrogens with zero attached hydrogens (tertiary/aromatic N) is 1. The topological polar surface area (TPSA) is 105 Å². The SMILES string of the molecule is CCOC(=O)C(CCc1ccccc1)N[C@@H](C)C(=O)N1CC2COCCC2[C@H]1C(=O)O. The summed E-state index contributed by atoms with van der Waals surface area (Å²) in [5, 5.41) is 12.9. The Balaban J connectivity index is 1.67. The predicted molar refractivity (Wildman–Crippen MR) is 113 cm³/mol. The fraction of sp³-hybridized carbons (Fsp3) is 0.609. The van der Waals surface area contributed by atoms with E-state index in [0.29, 0.717) is 39.0 Å². The number of aryl methyl sites for hydroxylation is 1. The summed E-state index contributed by atoms with van der Waals surface area (Å²) in [5.74, 6) is -1.76. The number of carbonyl (C=O) groups is 3. The maximum atomic E-state index is 13.2. The summed E-state index contributed by atoms with van der Waals surface area (Å²) in [6.07, 6.45) is 1.76. The van der Waals surface area contributed by atoms with E-state index in [-0.39, 0.29) is 24.3 Å². The summed E-state index contributed by atoms with van der Waals surface area (Å²) < 4.78 is 10.7. The van der Waals surface area contributed by atoms with Crippen LogP contribution in [0.4, 0.5) is 0 Å². The van der Waals surface area contributed by atoms with Crippen molar-refractivity contribution in [1.82, 2.24) is 10.2 Å². The van der Waals surface area contributed by atoms with E-state index in [1.807, 2.05) is 30.3 Å². The van der Waals surface area contributed by atoms with Gasteiger partial charge in [0, 0.05) is 19.1 Å². The Kier molecular flexibility index (Phi) is 8.03. The first-order chi connectivity index (χ1) is 14.9. The van der Waals surface area contributed by atoms with Crippen molar-refractivity contribution in [2.45, 2.75) is 51.2 Å². The molecular formula is C23H32N2O6. The fourth-order valence-corrected chi connectivity index (χ4v) is 4.65. The van der Waals surface area contributed by atoms with E-state index < -0.39 is 30.1 Å². The van der Waals surface area contributed by atoms with Gasteiger partial charge >= 0.3 is 11.9 Å². The zero-order valence-electron chi connectivity index (χ0n) is 18.2. The molecule has 0 radical (unpaired) electrons. The van der Waals surface area contributed by atoms with E-state index in [9.17, 15) is 19.5 Å². The normalized spacial score (nSPS) is 24.8. The van der Waals surface area contributed by atoms with E-state index in [1.54, 1.807) is 13.8 Å². The van der Waals surface area contributed by atoms with Crippen LogP contribution >= 0.6 is 0 Å². The maximum Gasteiger partial charge on any atom is 0.326 e. The van der Waals surface area contributed by atoms with Crippen LogP contribution in [0.1, 0.15) is 32.3 Å². The predicted octanol–water partition coefficient (Wildman–Crippen LogP) is 1.48. The second-order valence-corrected chi connectivity index (χ2v) is 8.28. The number of carboxylic acid groups (broad SMARTS) is 1. The molecule has 2 saturated heterocycles. The lowest BCUT2D eigenvalue weighted by atomic mass is 9.87. The van der Waals surface area contributed by atoms with Crippen LogP contribution < -0.4 is 5.32 Å². The maximum absolute atomic E-state index is 13.2. The van der Waals surface area contributed by atoms with Crippen molar-refractivity contribution in [3.05, 3.63) is 35.9 Å². The van der Waals surface area contributed by atoms with Gasteiger partial charge < -0.3 is 19.5 Å². The minimum Gasteiger partial charge on any atom is -0.480 e. The van der Waals surface area contributed by atoms with Crippen LogP contribution in [0.2, 0.25) is 0 Å². The number of likely N-dealkylation sites (tertiary alicyclic amines) is 1. The van der Waals surface area contributed by atoms with Crippen molar-refractivity contribution in [1.29, 1.82) is 0 Å². The van der Waals surface area contributed by atoms with Crippen LogP contribution in [0.3, 0.4) is 0 Å². The van der Waals surface area contributed by atoms with E-state index in [1.165, 1.54) is 4.90 Å². The van der Waals surface area contributed by atoms with Gasteiger partial charge in [-0.15, -0.1) is 0 Å². The van der Waals surface area contributed by atoms with Gasteiger partial charge in [0.1, 0.15) is 12.1 Å². The minimum atomic E-state index is -0.985. The highest BCUT2D eigenvalue weighted by molar-refractivity contribution is 5.88. The van der Waals surface area contributed by atoms with Crippen LogP contribution in [0.5, 0.6) is 0 Å². The number of ether oxygens (including phenoxy) is 2. The third kappa shape index (κ3) is 5.62. The van der Waals surface area contributed by atoms with Gasteiger partial charge in [0.05, 0.1) is 19.3 Å². The van der Waals surface area contributed by atoms with Crippen molar-refractivity contribution >= 4 is 17.8 Å². The lowest BCUT2D eigenvalue weighted by molar-refractivity contribution is -0.151. The second-order valence-electron chi connectivity index (χ2n) is 8.28. The summed E-state index contributed by atoms with van der Waals surface area (Å²) in [4.78, 5) is 39.1. The smallest absolute Gasteiger partial charge is 0.326 e. The number of hydrogen-bond donors (Lipinski definition) is 2. The van der Waals surface area contributed by atoms with Gasteiger partial charge in [-0.25, -0.2) is 4.79 Å². The van der Waals surface area contributed by atoms with Gasteiger partial charge in [0.2, 0.25) is 5.91 Å². The molecular weight excluding hydrogens is 400 g/mol. The standard InChI is InChI=1S/C23H32N2O6/c1-3-31-23(29)19(10-9-16-7-5-4-6-8-16)24-15(2)21(26)25-13-17-14-30-12-11-18(17)20(25)22(27)28/h4-8,15,17-20,24H,3,9-14H2,1-2H3,(H,27,28)/t15-,17?,18?,19?,20-/m0/s1. The van der Waals surface area contributed by atoms with Gasteiger partial charge in [-0.05, 0) is 44.6 Å². The van der Waals surface area contributed by atoms with Crippen molar-refractivity contribution < 1.29 is 29.0 Å². The molecule has 0 saturated carbocycles. The Morgan fingerprint density at radius 3 is 2.71 bits per heavy atom. The molecule has 2 heterocycles. The van der Waals surface area contributed by atoms with Gasteiger partial charge in [0.15, 0.2) is 0 Å². The molecule has 2 aliphatic heterocycles. The summed E-state index contributed by atoms with van der Waals surface area (Å²) in [7, 11) is 0. The largest absolute Gasteiger partial charge is 0.480 e. The molecule has 1 aromatic carbocycles. The van der Waals surface area contributed by atoms with E-state index in [2.05, 4.69) is 5.32 Å². The number of nitrogens with one attached hydrogen (secondary N) is 1. The molecule has 3 rings (SSSR count). The highest BCUT2D eigenvalue weighted by Gasteiger charge is 2.49. The highest BCUT2D eigenvalue weighted by Crippen LogP contribution is 2.36. The average molecular weight is 433 g/mol. The Morgan fingerprint density at radius 1 is 1.29 bits per heavy atom. The highest BCUT2D eigenvalue weighted by atomic mass is 16.5. The molecule has 0 bridgehead atoms. The molecule has 2 N–H and O–H groups in total. The zero-order chi connectivity index (χ0) is 22.4. The quantitative estimate of drug-likeness (QED) is 0.570. The first-order valence-corrected chi connectivity index (χ1v) is 11.0. The fourth-order valence-electron chi connectivity index (χ4n) is 4.65. The van der Waals surface area contributed by atoms with E-state index >= 15 is 0 Å². The molecule has 0 aromatic heterocycles. The molecule has 0 aliphatic carbocycles. The number of benzene rings is 1. The zero-order valence-corrected chi connectivity index (χ0v) is 18.2. The van der Waals surface area contributed by atoms with E-state index in [4.69, 9.17) is 9.47 Å². The second kappa shape index (κ2) is 10.7. The first kappa shape index (κ1) is 23.2. The molecule has 0 spiro atoms. The van der Waals surface area contributed by atoms with Gasteiger partial charge in [-0.1, -0.05) is 30.3 Å². The van der Waals surface area contributed by atoms with Gasteiger partial charge in [-0.3, -0.25) is 14.9 Å². The first-order valence-electron chi connectivity index (χ1n) is 11.0. The number of carboxylic acids is 1. The molecule has 31 heavy (non-hydrogen) atoms. The number of aliphatic carboxylic acids is 1. The molecule has 1 amide bonds. The third-order valence-corrected chi connectivity index (χ3v) is 6.20. The van der Waals surface area contributed by atoms with Crippen LogP contribution in [-0.4, -0.2) is 72.3 Å². The van der Waals surface area contributed by atoms with Crippen LogP contribution in [0.15, 0.2) is 30.3 Å². The molecule has 8 heteroatoms. The number of esters is 1. The van der Waals surface area contributed by atoms with Gasteiger partial charge in [0.25, 0.3) is 0 Å². The lowest BCUT2D eigenvalue weighted by Gasteiger charge is -2.29. The Hall–Kier alpha value is -2.45. The summed E-state index contributed by atoms with van der Waals surface area (Å²) in [5.41, 5.74) is 1.09.